The van der Waals surface area contributed by atoms with Gasteiger partial charge in [-0.15, -0.1) is 0 Å². The van der Waals surface area contributed by atoms with Crippen LogP contribution in [0.25, 0.3) is 0 Å². The van der Waals surface area contributed by atoms with Gasteiger partial charge in [0.2, 0.25) is 0 Å². The van der Waals surface area contributed by atoms with Gasteiger partial charge in [-0.1, -0.05) is 29.3 Å². The molecule has 0 amide bonds. The molecular weight excluding hydrogens is 315 g/mol. The van der Waals surface area contributed by atoms with E-state index in [2.05, 4.69) is 0 Å². The molecule has 2 aromatic rings. The van der Waals surface area contributed by atoms with E-state index in [1.165, 1.54) is 24.3 Å². The molecule has 0 N–H and O–H groups in total. The van der Waals surface area contributed by atoms with Gasteiger partial charge in [0.25, 0.3) is 0 Å². The Morgan fingerprint density at radius 2 is 2.00 bits per heavy atom. The third-order valence-corrected chi connectivity index (χ3v) is 3.27. The summed E-state index contributed by atoms with van der Waals surface area (Å²) in [7, 11) is 0. The molecule has 0 radical (unpaired) electrons. The average Bonchev–Trinajstić information content (AvgIpc) is 2.45. The highest BCUT2D eigenvalue weighted by molar-refractivity contribution is 6.31. The molecule has 0 heterocycles. The average molecular weight is 323 g/mol. The molecule has 7 heteroatoms. The van der Waals surface area contributed by atoms with E-state index in [1.807, 2.05) is 6.07 Å². The van der Waals surface area contributed by atoms with Crippen molar-refractivity contribution in [1.82, 2.24) is 0 Å². The minimum Gasteiger partial charge on any atom is -0.482 e. The van der Waals surface area contributed by atoms with Crippen molar-refractivity contribution in [2.24, 2.45) is 0 Å². The van der Waals surface area contributed by atoms with Crippen LogP contribution in [0.3, 0.4) is 0 Å². The standard InChI is InChI=1S/C14H8Cl2N2O3/c15-11-3-4-13(18(19)20)14(6-11)21-8-10-2-1-9(7-17)5-12(10)16/h1-6H,8H2. The van der Waals surface area contributed by atoms with Crippen LogP contribution in [0.2, 0.25) is 10.0 Å². The number of benzene rings is 2. The lowest BCUT2D eigenvalue weighted by atomic mass is 10.1. The molecule has 21 heavy (non-hydrogen) atoms. The molecule has 0 saturated carbocycles. The Morgan fingerprint density at radius 3 is 2.62 bits per heavy atom. The van der Waals surface area contributed by atoms with Crippen LogP contribution in [0.5, 0.6) is 5.75 Å². The van der Waals surface area contributed by atoms with E-state index in [9.17, 15) is 10.1 Å². The Labute approximate surface area is 130 Å². The molecule has 0 spiro atoms. The van der Waals surface area contributed by atoms with Gasteiger partial charge >= 0.3 is 5.69 Å². The summed E-state index contributed by atoms with van der Waals surface area (Å²) in [6.07, 6.45) is 0. The number of hydrogen-bond donors (Lipinski definition) is 0. The van der Waals surface area contributed by atoms with E-state index in [-0.39, 0.29) is 18.0 Å². The van der Waals surface area contributed by atoms with Gasteiger partial charge in [-0.25, -0.2) is 0 Å². The van der Waals surface area contributed by atoms with Crippen molar-refractivity contribution in [2.75, 3.05) is 0 Å². The predicted molar refractivity (Wildman–Crippen MR) is 78.6 cm³/mol. The maximum Gasteiger partial charge on any atom is 0.311 e. The van der Waals surface area contributed by atoms with Gasteiger partial charge in [-0.3, -0.25) is 10.1 Å². The fourth-order valence-electron chi connectivity index (χ4n) is 1.64. The highest BCUT2D eigenvalue weighted by atomic mass is 35.5. The smallest absolute Gasteiger partial charge is 0.311 e. The van der Waals surface area contributed by atoms with Crippen LogP contribution in [0.15, 0.2) is 36.4 Å². The summed E-state index contributed by atoms with van der Waals surface area (Å²) < 4.78 is 5.43. The van der Waals surface area contributed by atoms with Gasteiger partial charge in [0.15, 0.2) is 5.75 Å². The van der Waals surface area contributed by atoms with Crippen LogP contribution >= 0.6 is 23.2 Å². The molecule has 0 bridgehead atoms. The summed E-state index contributed by atoms with van der Waals surface area (Å²) >= 11 is 11.8. The highest BCUT2D eigenvalue weighted by Gasteiger charge is 2.16. The second-order valence-electron chi connectivity index (χ2n) is 4.08. The van der Waals surface area contributed by atoms with Gasteiger partial charge < -0.3 is 4.74 Å². The highest BCUT2D eigenvalue weighted by Crippen LogP contribution is 2.31. The third kappa shape index (κ3) is 3.63. The van der Waals surface area contributed by atoms with Crippen molar-refractivity contribution in [2.45, 2.75) is 6.61 Å². The molecule has 106 valence electrons. The Kier molecular flexibility index (Phi) is 4.63. The van der Waals surface area contributed by atoms with Crippen LogP contribution in [0.4, 0.5) is 5.69 Å². The lowest BCUT2D eigenvalue weighted by Crippen LogP contribution is -2.00. The van der Waals surface area contributed by atoms with Gasteiger partial charge in [0, 0.05) is 27.7 Å². The largest absolute Gasteiger partial charge is 0.482 e. The predicted octanol–water partition coefficient (Wildman–Crippen LogP) is 4.35. The van der Waals surface area contributed by atoms with Gasteiger partial charge in [0.1, 0.15) is 6.61 Å². The van der Waals surface area contributed by atoms with E-state index >= 15 is 0 Å². The molecular formula is C14H8Cl2N2O3. The zero-order valence-corrected chi connectivity index (χ0v) is 12.1. The summed E-state index contributed by atoms with van der Waals surface area (Å²) in [5.74, 6) is 0.0629. The van der Waals surface area contributed by atoms with Crippen molar-refractivity contribution in [3.8, 4) is 11.8 Å². The molecule has 0 fully saturated rings. The zero-order valence-electron chi connectivity index (χ0n) is 10.5. The lowest BCUT2D eigenvalue weighted by molar-refractivity contribution is -0.385. The van der Waals surface area contributed by atoms with Crippen LogP contribution in [-0.2, 0) is 6.61 Å². The molecule has 0 atom stereocenters. The van der Waals surface area contributed by atoms with Crippen LogP contribution in [-0.4, -0.2) is 4.92 Å². The summed E-state index contributed by atoms with van der Waals surface area (Å²) in [4.78, 5) is 10.4. The maximum atomic E-state index is 10.9. The minimum atomic E-state index is -0.550. The number of halogens is 2. The second kappa shape index (κ2) is 6.44. The molecule has 0 aliphatic rings. The Hall–Kier alpha value is -2.29. The van der Waals surface area contributed by atoms with Gasteiger partial charge in [0.05, 0.1) is 16.6 Å². The van der Waals surface area contributed by atoms with E-state index in [0.29, 0.717) is 21.2 Å². The molecule has 0 saturated heterocycles. The first-order valence-corrected chi connectivity index (χ1v) is 6.52. The quantitative estimate of drug-likeness (QED) is 0.619. The topological polar surface area (TPSA) is 76.2 Å². The van der Waals surface area contributed by atoms with Crippen molar-refractivity contribution in [3.05, 3.63) is 67.7 Å². The zero-order chi connectivity index (χ0) is 15.4. The molecule has 0 aliphatic heterocycles. The number of ether oxygens (including phenoxy) is 1. The van der Waals surface area contributed by atoms with E-state index in [1.54, 1.807) is 12.1 Å². The number of rotatable bonds is 4. The van der Waals surface area contributed by atoms with Crippen LogP contribution < -0.4 is 4.74 Å². The van der Waals surface area contributed by atoms with Crippen molar-refractivity contribution >= 4 is 28.9 Å². The van der Waals surface area contributed by atoms with E-state index in [0.717, 1.165) is 0 Å². The first kappa shape index (κ1) is 15.1. The minimum absolute atomic E-state index is 0.0335. The number of nitrogens with zero attached hydrogens (tertiary/aromatic N) is 2. The normalized spacial score (nSPS) is 9.95. The monoisotopic (exact) mass is 322 g/mol. The van der Waals surface area contributed by atoms with E-state index in [4.69, 9.17) is 33.2 Å². The molecule has 2 rings (SSSR count). The molecule has 5 nitrogen and oxygen atoms in total. The van der Waals surface area contributed by atoms with Crippen molar-refractivity contribution < 1.29 is 9.66 Å². The number of nitro benzene ring substituents is 1. The number of hydrogen-bond acceptors (Lipinski definition) is 4. The van der Waals surface area contributed by atoms with Crippen molar-refractivity contribution in [3.63, 3.8) is 0 Å². The van der Waals surface area contributed by atoms with Crippen LogP contribution in [0, 0.1) is 21.4 Å². The number of nitriles is 1. The van der Waals surface area contributed by atoms with Crippen LogP contribution in [0.1, 0.15) is 11.1 Å². The molecule has 0 aromatic heterocycles. The second-order valence-corrected chi connectivity index (χ2v) is 4.92. The van der Waals surface area contributed by atoms with E-state index < -0.39 is 4.92 Å². The lowest BCUT2D eigenvalue weighted by Gasteiger charge is -2.08. The molecule has 2 aromatic carbocycles. The Morgan fingerprint density at radius 1 is 1.24 bits per heavy atom. The molecule has 0 aliphatic carbocycles. The van der Waals surface area contributed by atoms with Gasteiger partial charge in [-0.05, 0) is 18.2 Å². The third-order valence-electron chi connectivity index (χ3n) is 2.68. The summed E-state index contributed by atoms with van der Waals surface area (Å²) in [5, 5.41) is 20.4. The first-order valence-electron chi connectivity index (χ1n) is 5.76. The Balaban J connectivity index is 2.22. The van der Waals surface area contributed by atoms with Crippen molar-refractivity contribution in [1.29, 1.82) is 5.26 Å². The molecule has 0 unspecified atom stereocenters. The summed E-state index contributed by atoms with van der Waals surface area (Å²) in [6, 6.07) is 10.8. The maximum absolute atomic E-state index is 10.9. The van der Waals surface area contributed by atoms with Gasteiger partial charge in [-0.2, -0.15) is 5.26 Å². The fourth-order valence-corrected chi connectivity index (χ4v) is 2.04. The fraction of sp³-hybridized carbons (Fsp3) is 0.0714. The SMILES string of the molecule is N#Cc1ccc(COc2cc(Cl)ccc2[N+](=O)[O-])c(Cl)c1. The summed E-state index contributed by atoms with van der Waals surface area (Å²) in [5.41, 5.74) is 0.867. The first-order chi connectivity index (χ1) is 10.0. The Bertz CT molecular complexity index is 741. The number of nitro groups is 1. The summed E-state index contributed by atoms with van der Waals surface area (Å²) in [6.45, 7) is 0.0335.